The van der Waals surface area contributed by atoms with E-state index in [-0.39, 0.29) is 23.9 Å². The molecular weight excluding hydrogens is 276 g/mol. The molecule has 1 heterocycles. The number of nitrogens with zero attached hydrogens (tertiary/aromatic N) is 1. The third-order valence-electron chi connectivity index (χ3n) is 3.42. The quantitative estimate of drug-likeness (QED) is 0.782. The van der Waals surface area contributed by atoms with E-state index in [1.54, 1.807) is 6.92 Å². The minimum Gasteiger partial charge on any atom is -0.496 e. The zero-order chi connectivity index (χ0) is 15.6. The number of ether oxygens (including phenoxy) is 1. The van der Waals surface area contributed by atoms with E-state index in [1.807, 2.05) is 0 Å². The van der Waals surface area contributed by atoms with Crippen molar-refractivity contribution in [2.24, 2.45) is 0 Å². The van der Waals surface area contributed by atoms with Gasteiger partial charge in [0.2, 0.25) is 0 Å². The van der Waals surface area contributed by atoms with E-state index in [0.717, 1.165) is 0 Å². The van der Waals surface area contributed by atoms with Gasteiger partial charge in [0.25, 0.3) is 0 Å². The number of carboxylic acid groups (broad SMARTS) is 1. The van der Waals surface area contributed by atoms with Gasteiger partial charge in [-0.05, 0) is 25.5 Å². The van der Waals surface area contributed by atoms with Crippen molar-refractivity contribution in [2.45, 2.75) is 18.9 Å². The number of rotatable bonds is 3. The standard InChI is InChI=1S/C14H18N2O5/c1-14(20)5-6-16(8-14)13(19)15-9-3-4-10(12(17)18)11(7-9)21-2/h3-4,7,20H,5-6,8H2,1-2H3,(H,15,19)(H,17,18). The van der Waals surface area contributed by atoms with Crippen molar-refractivity contribution in [1.29, 1.82) is 0 Å². The van der Waals surface area contributed by atoms with Crippen LogP contribution in [0.15, 0.2) is 18.2 Å². The third kappa shape index (κ3) is 3.43. The molecule has 3 N–H and O–H groups in total. The van der Waals surface area contributed by atoms with Crippen molar-refractivity contribution in [2.75, 3.05) is 25.5 Å². The topological polar surface area (TPSA) is 99.1 Å². The highest BCUT2D eigenvalue weighted by atomic mass is 16.5. The molecule has 1 atom stereocenters. The largest absolute Gasteiger partial charge is 0.496 e. The maximum atomic E-state index is 12.1. The minimum absolute atomic E-state index is 0.0274. The molecule has 0 bridgehead atoms. The number of anilines is 1. The smallest absolute Gasteiger partial charge is 0.339 e. The number of urea groups is 1. The predicted molar refractivity (Wildman–Crippen MR) is 75.8 cm³/mol. The number of aromatic carboxylic acids is 1. The van der Waals surface area contributed by atoms with Crippen molar-refractivity contribution in [3.8, 4) is 5.75 Å². The molecule has 1 unspecified atom stereocenters. The van der Waals surface area contributed by atoms with Gasteiger partial charge in [0.1, 0.15) is 11.3 Å². The van der Waals surface area contributed by atoms with Crippen LogP contribution in [0.3, 0.4) is 0 Å². The van der Waals surface area contributed by atoms with E-state index in [9.17, 15) is 14.7 Å². The Balaban J connectivity index is 2.10. The fraction of sp³-hybridized carbons (Fsp3) is 0.429. The first-order valence-corrected chi connectivity index (χ1v) is 6.52. The first kappa shape index (κ1) is 15.1. The van der Waals surface area contributed by atoms with Gasteiger partial charge in [0.05, 0.1) is 19.3 Å². The number of nitrogens with one attached hydrogen (secondary N) is 1. The number of amides is 2. The summed E-state index contributed by atoms with van der Waals surface area (Å²) in [5, 5.41) is 21.5. The SMILES string of the molecule is COc1cc(NC(=O)N2CCC(C)(O)C2)ccc1C(=O)O. The van der Waals surface area contributed by atoms with Crippen LogP contribution in [0.4, 0.5) is 10.5 Å². The molecular formula is C14H18N2O5. The number of carbonyl (C=O) groups is 2. The number of likely N-dealkylation sites (tertiary alicyclic amines) is 1. The lowest BCUT2D eigenvalue weighted by Crippen LogP contribution is -2.36. The van der Waals surface area contributed by atoms with E-state index < -0.39 is 11.6 Å². The molecule has 1 aliphatic heterocycles. The number of carboxylic acids is 1. The lowest BCUT2D eigenvalue weighted by molar-refractivity contribution is 0.0692. The van der Waals surface area contributed by atoms with E-state index in [2.05, 4.69) is 5.32 Å². The van der Waals surface area contributed by atoms with Gasteiger partial charge in [0, 0.05) is 18.3 Å². The summed E-state index contributed by atoms with van der Waals surface area (Å²) >= 11 is 0. The number of benzene rings is 1. The Morgan fingerprint density at radius 2 is 2.14 bits per heavy atom. The highest BCUT2D eigenvalue weighted by Gasteiger charge is 2.34. The lowest BCUT2D eigenvalue weighted by atomic mass is 10.1. The molecule has 1 aromatic rings. The Labute approximate surface area is 122 Å². The summed E-state index contributed by atoms with van der Waals surface area (Å²) in [6.45, 7) is 2.43. The molecule has 7 heteroatoms. The van der Waals surface area contributed by atoms with Gasteiger partial charge in [-0.2, -0.15) is 0 Å². The Kier molecular flexibility index (Phi) is 4.04. The molecule has 0 saturated carbocycles. The summed E-state index contributed by atoms with van der Waals surface area (Å²) in [7, 11) is 1.37. The predicted octanol–water partition coefficient (Wildman–Crippen LogP) is 1.38. The first-order valence-electron chi connectivity index (χ1n) is 6.52. The second-order valence-corrected chi connectivity index (χ2v) is 5.32. The van der Waals surface area contributed by atoms with Crippen molar-refractivity contribution < 1.29 is 24.5 Å². The maximum absolute atomic E-state index is 12.1. The number of carbonyl (C=O) groups excluding carboxylic acids is 1. The normalized spacial score (nSPS) is 21.2. The number of hydrogen-bond acceptors (Lipinski definition) is 4. The molecule has 0 spiro atoms. The maximum Gasteiger partial charge on any atom is 0.339 e. The van der Waals surface area contributed by atoms with Gasteiger partial charge in [0.15, 0.2) is 0 Å². The Bertz CT molecular complexity index is 570. The molecule has 1 saturated heterocycles. The van der Waals surface area contributed by atoms with Crippen LogP contribution < -0.4 is 10.1 Å². The van der Waals surface area contributed by atoms with Crippen LogP contribution in [-0.2, 0) is 0 Å². The van der Waals surface area contributed by atoms with Gasteiger partial charge in [-0.25, -0.2) is 9.59 Å². The molecule has 114 valence electrons. The Morgan fingerprint density at radius 3 is 2.67 bits per heavy atom. The minimum atomic E-state index is -1.10. The number of β-amino-alcohol motifs (C(OH)–C–C–N with tert-alkyl or cyclic N) is 1. The molecule has 1 aliphatic rings. The van der Waals surface area contributed by atoms with Crippen LogP contribution in [0.5, 0.6) is 5.75 Å². The average molecular weight is 294 g/mol. The second kappa shape index (κ2) is 5.61. The Morgan fingerprint density at radius 1 is 1.43 bits per heavy atom. The fourth-order valence-electron chi connectivity index (χ4n) is 2.27. The first-order chi connectivity index (χ1) is 9.82. The molecule has 2 amide bonds. The second-order valence-electron chi connectivity index (χ2n) is 5.32. The van der Waals surface area contributed by atoms with Crippen LogP contribution >= 0.6 is 0 Å². The zero-order valence-corrected chi connectivity index (χ0v) is 11.9. The number of aliphatic hydroxyl groups is 1. The van der Waals surface area contributed by atoms with Crippen LogP contribution in [0.25, 0.3) is 0 Å². The van der Waals surface area contributed by atoms with Crippen LogP contribution in [0, 0.1) is 0 Å². The van der Waals surface area contributed by atoms with Crippen molar-refractivity contribution in [3.63, 3.8) is 0 Å². The molecule has 0 aromatic heterocycles. The summed E-state index contributed by atoms with van der Waals surface area (Å²) < 4.78 is 5.00. The summed E-state index contributed by atoms with van der Waals surface area (Å²) in [5.74, 6) is -0.922. The molecule has 2 rings (SSSR count). The van der Waals surface area contributed by atoms with E-state index >= 15 is 0 Å². The molecule has 0 radical (unpaired) electrons. The fourth-order valence-corrected chi connectivity index (χ4v) is 2.27. The molecule has 0 aliphatic carbocycles. The molecule has 1 fully saturated rings. The van der Waals surface area contributed by atoms with Gasteiger partial charge in [-0.1, -0.05) is 0 Å². The summed E-state index contributed by atoms with van der Waals surface area (Å²) in [4.78, 5) is 24.6. The van der Waals surface area contributed by atoms with Gasteiger partial charge >= 0.3 is 12.0 Å². The molecule has 1 aromatic carbocycles. The average Bonchev–Trinajstić information content (AvgIpc) is 2.78. The summed E-state index contributed by atoms with van der Waals surface area (Å²) in [6, 6.07) is 3.99. The van der Waals surface area contributed by atoms with Gasteiger partial charge in [-0.3, -0.25) is 0 Å². The van der Waals surface area contributed by atoms with Crippen molar-refractivity contribution in [1.82, 2.24) is 4.90 Å². The van der Waals surface area contributed by atoms with Gasteiger partial charge in [-0.15, -0.1) is 0 Å². The van der Waals surface area contributed by atoms with E-state index in [1.165, 1.54) is 30.2 Å². The third-order valence-corrected chi connectivity index (χ3v) is 3.42. The summed E-state index contributed by atoms with van der Waals surface area (Å²) in [5.41, 5.74) is -0.393. The lowest BCUT2D eigenvalue weighted by Gasteiger charge is -2.19. The van der Waals surface area contributed by atoms with Gasteiger partial charge < -0.3 is 25.2 Å². The van der Waals surface area contributed by atoms with Crippen molar-refractivity contribution in [3.05, 3.63) is 23.8 Å². The summed E-state index contributed by atoms with van der Waals surface area (Å²) in [6.07, 6.45) is 0.529. The van der Waals surface area contributed by atoms with Crippen LogP contribution in [0.2, 0.25) is 0 Å². The number of methoxy groups -OCH3 is 1. The van der Waals surface area contributed by atoms with E-state index in [0.29, 0.717) is 18.7 Å². The van der Waals surface area contributed by atoms with Crippen LogP contribution in [-0.4, -0.2) is 52.9 Å². The number of hydrogen-bond donors (Lipinski definition) is 3. The highest BCUT2D eigenvalue weighted by Crippen LogP contribution is 2.25. The van der Waals surface area contributed by atoms with E-state index in [4.69, 9.17) is 9.84 Å². The van der Waals surface area contributed by atoms with Crippen LogP contribution in [0.1, 0.15) is 23.7 Å². The molecule has 7 nitrogen and oxygen atoms in total. The molecule has 21 heavy (non-hydrogen) atoms. The highest BCUT2D eigenvalue weighted by molar-refractivity contribution is 5.94. The monoisotopic (exact) mass is 294 g/mol. The Hall–Kier alpha value is -2.28. The van der Waals surface area contributed by atoms with Crippen molar-refractivity contribution >= 4 is 17.7 Å². The zero-order valence-electron chi connectivity index (χ0n) is 11.9.